The van der Waals surface area contributed by atoms with Crippen LogP contribution in [0.15, 0.2) is 48.6 Å². The van der Waals surface area contributed by atoms with Crippen LogP contribution in [-0.2, 0) is 27.1 Å². The number of rotatable bonds is 0. The van der Waals surface area contributed by atoms with Crippen LogP contribution in [0.2, 0.25) is 0 Å². The first kappa shape index (κ1) is 23.9. The maximum Gasteiger partial charge on any atom is 0.127 e. The molecule has 0 spiro atoms. The summed E-state index contributed by atoms with van der Waals surface area (Å²) in [5.74, 6) is 14.5. The van der Waals surface area contributed by atoms with E-state index in [1.807, 2.05) is 36.4 Å². The van der Waals surface area contributed by atoms with Gasteiger partial charge in [0.1, 0.15) is 24.7 Å². The molecule has 5 heteroatoms. The Morgan fingerprint density at radius 3 is 1.68 bits per heavy atom. The second-order valence-corrected chi connectivity index (χ2v) is 7.75. The molecular weight excluding hydrogens is 428 g/mol. The Balaban J connectivity index is 1.78. The number of benzene rings is 2. The summed E-state index contributed by atoms with van der Waals surface area (Å²) in [5.41, 5.74) is 4.19. The van der Waals surface area contributed by atoms with E-state index in [-0.39, 0.29) is 0 Å². The summed E-state index contributed by atoms with van der Waals surface area (Å²) in [5, 5.41) is 0. The van der Waals surface area contributed by atoms with Gasteiger partial charge in [0.2, 0.25) is 0 Å². The van der Waals surface area contributed by atoms with E-state index in [1.165, 1.54) is 0 Å². The van der Waals surface area contributed by atoms with E-state index in [0.29, 0.717) is 72.1 Å². The highest BCUT2D eigenvalue weighted by Crippen LogP contribution is 2.42. The lowest BCUT2D eigenvalue weighted by atomic mass is 9.91. The summed E-state index contributed by atoms with van der Waals surface area (Å²) in [7, 11) is 0. The van der Waals surface area contributed by atoms with Gasteiger partial charge in [0.25, 0.3) is 0 Å². The Labute approximate surface area is 202 Å². The van der Waals surface area contributed by atoms with Crippen LogP contribution in [0, 0.1) is 23.7 Å². The Bertz CT molecular complexity index is 1100. The second-order valence-electron chi connectivity index (χ2n) is 7.75. The third-order valence-corrected chi connectivity index (χ3v) is 5.40. The lowest BCUT2D eigenvalue weighted by Gasteiger charge is -2.20. The third-order valence-electron chi connectivity index (χ3n) is 5.40. The van der Waals surface area contributed by atoms with Crippen LogP contribution in [-0.4, -0.2) is 52.9 Å². The highest BCUT2D eigenvalue weighted by atomic mass is 16.6. The van der Waals surface area contributed by atoms with E-state index < -0.39 is 0 Å². The average Bonchev–Trinajstić information content (AvgIpc) is 2.87. The van der Waals surface area contributed by atoms with Gasteiger partial charge < -0.3 is 23.7 Å². The Morgan fingerprint density at radius 2 is 1.09 bits per heavy atom. The molecule has 2 aromatic carbocycles. The van der Waals surface area contributed by atoms with E-state index in [2.05, 4.69) is 35.8 Å². The number of hydrogen-bond donors (Lipinski definition) is 0. The van der Waals surface area contributed by atoms with E-state index in [0.717, 1.165) is 33.8 Å². The van der Waals surface area contributed by atoms with Crippen molar-refractivity contribution in [3.8, 4) is 46.3 Å². The fourth-order valence-electron chi connectivity index (χ4n) is 3.83. The summed E-state index contributed by atoms with van der Waals surface area (Å²) >= 11 is 0. The molecule has 0 atom stereocenters. The molecule has 0 radical (unpaired) electrons. The molecule has 0 N–H and O–H groups in total. The molecule has 1 aliphatic heterocycles. The van der Waals surface area contributed by atoms with Crippen molar-refractivity contribution in [3.63, 3.8) is 0 Å². The van der Waals surface area contributed by atoms with E-state index in [9.17, 15) is 0 Å². The minimum Gasteiger partial charge on any atom is -0.491 e. The highest BCUT2D eigenvalue weighted by molar-refractivity contribution is 5.82. The SMILES string of the molecule is C1#CCc2cccc3c2-c2c(cccc2OCCOCCOCCOCCO3)CC#CC/C=C\1. The molecule has 0 amide bonds. The third kappa shape index (κ3) is 6.89. The molecule has 0 bridgehead atoms. The van der Waals surface area contributed by atoms with Crippen molar-refractivity contribution in [1.82, 2.24) is 0 Å². The number of allylic oxidation sites excluding steroid dienone is 2. The van der Waals surface area contributed by atoms with Gasteiger partial charge in [-0.25, -0.2) is 0 Å². The molecule has 2 aromatic rings. The van der Waals surface area contributed by atoms with Crippen LogP contribution in [0.25, 0.3) is 11.1 Å². The summed E-state index contributed by atoms with van der Waals surface area (Å²) in [4.78, 5) is 0. The van der Waals surface area contributed by atoms with Crippen LogP contribution < -0.4 is 9.47 Å². The lowest BCUT2D eigenvalue weighted by molar-refractivity contribution is 0.00519. The van der Waals surface area contributed by atoms with Gasteiger partial charge in [-0.3, -0.25) is 0 Å². The molecular formula is C29H30O5. The molecule has 0 unspecified atom stereocenters. The number of hydrogen-bond acceptors (Lipinski definition) is 5. The van der Waals surface area contributed by atoms with Crippen LogP contribution in [0.5, 0.6) is 11.5 Å². The predicted molar refractivity (Wildman–Crippen MR) is 132 cm³/mol. The topological polar surface area (TPSA) is 46.2 Å². The molecule has 0 fully saturated rings. The van der Waals surface area contributed by atoms with E-state index >= 15 is 0 Å². The Morgan fingerprint density at radius 1 is 0.559 bits per heavy atom. The molecule has 1 heterocycles. The minimum absolute atomic E-state index is 0.437. The minimum atomic E-state index is 0.437. The van der Waals surface area contributed by atoms with Gasteiger partial charge in [0.05, 0.1) is 39.6 Å². The Kier molecular flexibility index (Phi) is 9.48. The maximum atomic E-state index is 6.25. The first-order valence-corrected chi connectivity index (χ1v) is 11.8. The maximum absolute atomic E-state index is 6.25. The summed E-state index contributed by atoms with van der Waals surface area (Å²) in [6, 6.07) is 12.2. The van der Waals surface area contributed by atoms with E-state index in [4.69, 9.17) is 23.7 Å². The molecule has 4 rings (SSSR count). The van der Waals surface area contributed by atoms with Gasteiger partial charge >= 0.3 is 0 Å². The highest BCUT2D eigenvalue weighted by Gasteiger charge is 2.20. The normalized spacial score (nSPS) is 18.2. The van der Waals surface area contributed by atoms with Gasteiger partial charge in [-0.1, -0.05) is 54.0 Å². The number of ether oxygens (including phenoxy) is 5. The zero-order chi connectivity index (χ0) is 23.3. The van der Waals surface area contributed by atoms with Gasteiger partial charge in [0.15, 0.2) is 0 Å². The molecule has 176 valence electrons. The van der Waals surface area contributed by atoms with Crippen molar-refractivity contribution < 1.29 is 23.7 Å². The van der Waals surface area contributed by atoms with Crippen LogP contribution in [0.4, 0.5) is 0 Å². The fraction of sp³-hybridized carbons (Fsp3) is 0.379. The first-order valence-electron chi connectivity index (χ1n) is 11.8. The van der Waals surface area contributed by atoms with Crippen molar-refractivity contribution in [2.75, 3.05) is 52.9 Å². The zero-order valence-corrected chi connectivity index (χ0v) is 19.4. The van der Waals surface area contributed by atoms with Gasteiger partial charge in [0, 0.05) is 30.4 Å². The van der Waals surface area contributed by atoms with Gasteiger partial charge in [-0.15, -0.1) is 0 Å². The van der Waals surface area contributed by atoms with Gasteiger partial charge in [-0.2, -0.15) is 0 Å². The summed E-state index contributed by atoms with van der Waals surface area (Å²) < 4.78 is 29.4. The fourth-order valence-corrected chi connectivity index (χ4v) is 3.83. The van der Waals surface area contributed by atoms with Crippen molar-refractivity contribution >= 4 is 0 Å². The predicted octanol–water partition coefficient (Wildman–Crippen LogP) is 4.23. The summed E-state index contributed by atoms with van der Waals surface area (Å²) in [6.45, 7) is 3.94. The first-order chi connectivity index (χ1) is 16.9. The molecule has 0 saturated heterocycles. The molecule has 5 nitrogen and oxygen atoms in total. The van der Waals surface area contributed by atoms with Crippen LogP contribution in [0.1, 0.15) is 17.5 Å². The molecule has 34 heavy (non-hydrogen) atoms. The lowest BCUT2D eigenvalue weighted by Crippen LogP contribution is -2.14. The summed E-state index contributed by atoms with van der Waals surface area (Å²) in [6.07, 6.45) is 5.78. The molecule has 2 aliphatic rings. The van der Waals surface area contributed by atoms with Crippen molar-refractivity contribution in [2.45, 2.75) is 19.3 Å². The smallest absolute Gasteiger partial charge is 0.127 e. The molecule has 0 aromatic heterocycles. The van der Waals surface area contributed by atoms with Crippen molar-refractivity contribution in [2.24, 2.45) is 0 Å². The van der Waals surface area contributed by atoms with Crippen molar-refractivity contribution in [1.29, 1.82) is 0 Å². The van der Waals surface area contributed by atoms with Crippen LogP contribution in [0.3, 0.4) is 0 Å². The standard InChI is InChI=1S/C29H30O5/c1-2-4-6-10-24-12-8-14-26-28(24)29-25(11-7-5-3-1)13-9-15-27(29)34-23-21-32-19-17-30-16-18-31-20-22-33-26/h1-2,8-9,12-15H,3,10-11,16-23H2/b2-1-. The molecule has 0 saturated carbocycles. The van der Waals surface area contributed by atoms with Gasteiger partial charge in [-0.05, 0) is 29.3 Å². The Hall–Kier alpha value is -3.22. The zero-order valence-electron chi connectivity index (χ0n) is 19.4. The molecule has 1 aliphatic carbocycles. The van der Waals surface area contributed by atoms with E-state index in [1.54, 1.807) is 0 Å². The van der Waals surface area contributed by atoms with Crippen molar-refractivity contribution in [3.05, 3.63) is 59.7 Å². The van der Waals surface area contributed by atoms with Crippen LogP contribution >= 0.6 is 0 Å². The average molecular weight is 459 g/mol. The second kappa shape index (κ2) is 13.5. The largest absolute Gasteiger partial charge is 0.491 e. The monoisotopic (exact) mass is 458 g/mol. The quantitative estimate of drug-likeness (QED) is 0.553.